The zero-order valence-electron chi connectivity index (χ0n) is 9.22. The SMILES string of the molecule is CCC(S)C(=O)Oc1c([N+](=O)[O-])ccc(F)c1Cl. The van der Waals surface area contributed by atoms with Crippen LogP contribution in [0.25, 0.3) is 0 Å². The lowest BCUT2D eigenvalue weighted by Gasteiger charge is -2.10. The summed E-state index contributed by atoms with van der Waals surface area (Å²) in [6.45, 7) is 1.68. The number of esters is 1. The maximum absolute atomic E-state index is 13.2. The number of hydrogen-bond acceptors (Lipinski definition) is 5. The van der Waals surface area contributed by atoms with Crippen molar-refractivity contribution < 1.29 is 18.8 Å². The number of nitro groups is 1. The molecule has 0 radical (unpaired) electrons. The van der Waals surface area contributed by atoms with Gasteiger partial charge in [0.2, 0.25) is 5.75 Å². The van der Waals surface area contributed by atoms with Crippen molar-refractivity contribution in [2.45, 2.75) is 18.6 Å². The number of ether oxygens (including phenoxy) is 1. The Morgan fingerprint density at radius 2 is 2.28 bits per heavy atom. The van der Waals surface area contributed by atoms with Gasteiger partial charge < -0.3 is 4.74 Å². The molecule has 0 N–H and O–H groups in total. The summed E-state index contributed by atoms with van der Waals surface area (Å²) in [5.74, 6) is -2.33. The van der Waals surface area contributed by atoms with E-state index in [1.165, 1.54) is 0 Å². The molecule has 1 unspecified atom stereocenters. The van der Waals surface area contributed by atoms with Gasteiger partial charge in [-0.25, -0.2) is 4.39 Å². The summed E-state index contributed by atoms with van der Waals surface area (Å²) in [7, 11) is 0. The van der Waals surface area contributed by atoms with Crippen molar-refractivity contribution in [2.75, 3.05) is 0 Å². The molecule has 8 heteroatoms. The molecule has 1 rings (SSSR count). The van der Waals surface area contributed by atoms with Crippen LogP contribution in [0, 0.1) is 15.9 Å². The van der Waals surface area contributed by atoms with Crippen LogP contribution in [0.5, 0.6) is 5.75 Å². The molecule has 1 atom stereocenters. The van der Waals surface area contributed by atoms with Crippen LogP contribution in [0.4, 0.5) is 10.1 Å². The van der Waals surface area contributed by atoms with E-state index >= 15 is 0 Å². The van der Waals surface area contributed by atoms with Crippen LogP contribution in [-0.4, -0.2) is 16.1 Å². The lowest BCUT2D eigenvalue weighted by molar-refractivity contribution is -0.385. The van der Waals surface area contributed by atoms with Gasteiger partial charge in [-0.1, -0.05) is 18.5 Å². The number of carbonyl (C=O) groups excluding carboxylic acids is 1. The Labute approximate surface area is 112 Å². The highest BCUT2D eigenvalue weighted by Gasteiger charge is 2.26. The zero-order valence-corrected chi connectivity index (χ0v) is 10.9. The molecular weight excluding hydrogens is 285 g/mol. The van der Waals surface area contributed by atoms with Gasteiger partial charge in [-0.15, -0.1) is 0 Å². The minimum Gasteiger partial charge on any atom is -0.417 e. The highest BCUT2D eigenvalue weighted by Crippen LogP contribution is 2.37. The van der Waals surface area contributed by atoms with Crippen molar-refractivity contribution in [1.82, 2.24) is 0 Å². The highest BCUT2D eigenvalue weighted by atomic mass is 35.5. The van der Waals surface area contributed by atoms with E-state index in [2.05, 4.69) is 12.6 Å². The first kappa shape index (κ1) is 14.7. The Morgan fingerprint density at radius 1 is 1.67 bits per heavy atom. The summed E-state index contributed by atoms with van der Waals surface area (Å²) in [6.07, 6.45) is 0.364. The summed E-state index contributed by atoms with van der Waals surface area (Å²) < 4.78 is 17.9. The van der Waals surface area contributed by atoms with Gasteiger partial charge >= 0.3 is 11.7 Å². The quantitative estimate of drug-likeness (QED) is 0.305. The molecule has 1 aromatic rings. The van der Waals surface area contributed by atoms with E-state index in [0.29, 0.717) is 6.42 Å². The average molecular weight is 294 g/mol. The van der Waals surface area contributed by atoms with Crippen molar-refractivity contribution in [2.24, 2.45) is 0 Å². The van der Waals surface area contributed by atoms with Crippen LogP contribution in [0.1, 0.15) is 13.3 Å². The Bertz CT molecular complexity index is 497. The molecule has 0 heterocycles. The van der Waals surface area contributed by atoms with Crippen LogP contribution in [0.3, 0.4) is 0 Å². The molecule has 0 bridgehead atoms. The largest absolute Gasteiger partial charge is 0.417 e. The fraction of sp³-hybridized carbons (Fsp3) is 0.300. The summed E-state index contributed by atoms with van der Waals surface area (Å²) >= 11 is 9.47. The van der Waals surface area contributed by atoms with Crippen molar-refractivity contribution in [3.63, 3.8) is 0 Å². The van der Waals surface area contributed by atoms with Crippen molar-refractivity contribution in [1.29, 1.82) is 0 Å². The number of hydrogen-bond donors (Lipinski definition) is 1. The molecule has 0 fully saturated rings. The lowest BCUT2D eigenvalue weighted by Crippen LogP contribution is -2.20. The number of halogens is 2. The average Bonchev–Trinajstić information content (AvgIpc) is 2.33. The summed E-state index contributed by atoms with van der Waals surface area (Å²) in [4.78, 5) is 21.4. The Balaban J connectivity index is 3.17. The van der Waals surface area contributed by atoms with Gasteiger partial charge in [0.05, 0.1) is 10.2 Å². The number of rotatable bonds is 4. The summed E-state index contributed by atoms with van der Waals surface area (Å²) in [5, 5.41) is 9.36. The Kier molecular flexibility index (Phi) is 4.92. The van der Waals surface area contributed by atoms with Gasteiger partial charge in [0.25, 0.3) is 0 Å². The van der Waals surface area contributed by atoms with Crippen LogP contribution in [0.2, 0.25) is 5.02 Å². The number of nitro benzene ring substituents is 1. The monoisotopic (exact) mass is 293 g/mol. The second-order valence-corrected chi connectivity index (χ2v) is 4.31. The van der Waals surface area contributed by atoms with Gasteiger partial charge in [0, 0.05) is 6.07 Å². The van der Waals surface area contributed by atoms with Gasteiger partial charge in [0.15, 0.2) is 0 Å². The van der Waals surface area contributed by atoms with E-state index in [1.54, 1.807) is 6.92 Å². The van der Waals surface area contributed by atoms with E-state index in [1.807, 2.05) is 0 Å². The zero-order chi connectivity index (χ0) is 13.9. The smallest absolute Gasteiger partial charge is 0.324 e. The molecule has 0 saturated carbocycles. The second-order valence-electron chi connectivity index (χ2n) is 3.31. The van der Waals surface area contributed by atoms with Crippen LogP contribution < -0.4 is 4.74 Å². The Morgan fingerprint density at radius 3 is 2.78 bits per heavy atom. The summed E-state index contributed by atoms with van der Waals surface area (Å²) in [6, 6.07) is 1.71. The molecule has 0 aliphatic carbocycles. The van der Waals surface area contributed by atoms with Crippen LogP contribution in [0.15, 0.2) is 12.1 Å². The van der Waals surface area contributed by atoms with Crippen LogP contribution >= 0.6 is 24.2 Å². The van der Waals surface area contributed by atoms with E-state index in [4.69, 9.17) is 16.3 Å². The molecule has 0 aliphatic heterocycles. The van der Waals surface area contributed by atoms with Gasteiger partial charge in [0.1, 0.15) is 10.8 Å². The fourth-order valence-corrected chi connectivity index (χ4v) is 1.35. The molecule has 0 aliphatic rings. The van der Waals surface area contributed by atoms with E-state index < -0.39 is 38.4 Å². The fourth-order valence-electron chi connectivity index (χ4n) is 1.10. The third-order valence-electron chi connectivity index (χ3n) is 2.09. The highest BCUT2D eigenvalue weighted by molar-refractivity contribution is 7.81. The van der Waals surface area contributed by atoms with Crippen molar-refractivity contribution in [3.8, 4) is 5.75 Å². The van der Waals surface area contributed by atoms with E-state index in [9.17, 15) is 19.3 Å². The lowest BCUT2D eigenvalue weighted by atomic mass is 10.3. The maximum Gasteiger partial charge on any atom is 0.324 e. The predicted octanol–water partition coefficient (Wildman–Crippen LogP) is 3.00. The first-order valence-corrected chi connectivity index (χ1v) is 5.80. The molecule has 1 aromatic carbocycles. The number of nitrogens with zero attached hydrogens (tertiary/aromatic N) is 1. The molecule has 0 saturated heterocycles. The molecule has 0 spiro atoms. The standard InChI is InChI=1S/C10H9ClFNO4S/c1-2-7(18)10(14)17-9-6(13(15)16)4-3-5(12)8(9)11/h3-4,7,18H,2H2,1H3. The normalized spacial score (nSPS) is 12.0. The molecule has 18 heavy (non-hydrogen) atoms. The third kappa shape index (κ3) is 3.11. The third-order valence-corrected chi connectivity index (χ3v) is 3.02. The molecule has 98 valence electrons. The maximum atomic E-state index is 13.2. The van der Waals surface area contributed by atoms with Crippen molar-refractivity contribution in [3.05, 3.63) is 33.1 Å². The predicted molar refractivity (Wildman–Crippen MR) is 66.8 cm³/mol. The van der Waals surface area contributed by atoms with Gasteiger partial charge in [-0.2, -0.15) is 12.6 Å². The Hall–Kier alpha value is -1.34. The first-order valence-electron chi connectivity index (χ1n) is 4.90. The second kappa shape index (κ2) is 6.01. The minimum absolute atomic E-state index is 0.364. The van der Waals surface area contributed by atoms with E-state index in [0.717, 1.165) is 12.1 Å². The molecule has 5 nitrogen and oxygen atoms in total. The first-order chi connectivity index (χ1) is 8.38. The topological polar surface area (TPSA) is 69.4 Å². The summed E-state index contributed by atoms with van der Waals surface area (Å²) in [5.41, 5.74) is -0.577. The van der Waals surface area contributed by atoms with Crippen LogP contribution in [-0.2, 0) is 4.79 Å². The molecule has 0 aromatic heterocycles. The minimum atomic E-state index is -0.905. The van der Waals surface area contributed by atoms with E-state index in [-0.39, 0.29) is 0 Å². The number of carbonyl (C=O) groups is 1. The number of benzene rings is 1. The number of thiol groups is 1. The molecular formula is C10H9ClFNO4S. The van der Waals surface area contributed by atoms with Crippen molar-refractivity contribution >= 4 is 35.9 Å². The van der Waals surface area contributed by atoms with Gasteiger partial charge in [-0.05, 0) is 12.5 Å². The molecule has 0 amide bonds. The van der Waals surface area contributed by atoms with Gasteiger partial charge in [-0.3, -0.25) is 14.9 Å².